The molecule has 0 saturated carbocycles. The van der Waals surface area contributed by atoms with E-state index in [9.17, 15) is 9.59 Å². The standard InChI is InChI=1S/C10H16N4O3/c1-17-6-7(4-5-11)12-10(16)8-2-3-9(15)14-13-8/h2-3,7H,4-6,11H2,1H3,(H,12,16)(H,14,15). The lowest BCUT2D eigenvalue weighted by Gasteiger charge is -2.16. The highest BCUT2D eigenvalue weighted by atomic mass is 16.5. The van der Waals surface area contributed by atoms with Gasteiger partial charge in [-0.25, -0.2) is 5.10 Å². The zero-order chi connectivity index (χ0) is 12.7. The number of methoxy groups -OCH3 is 1. The summed E-state index contributed by atoms with van der Waals surface area (Å²) < 4.78 is 4.96. The summed E-state index contributed by atoms with van der Waals surface area (Å²) in [6.45, 7) is 0.833. The highest BCUT2D eigenvalue weighted by Gasteiger charge is 2.13. The Kier molecular flexibility index (Phi) is 5.31. The second-order valence-electron chi connectivity index (χ2n) is 3.51. The molecule has 7 nitrogen and oxygen atoms in total. The van der Waals surface area contributed by atoms with Crippen molar-refractivity contribution in [2.24, 2.45) is 5.73 Å². The van der Waals surface area contributed by atoms with Crippen LogP contribution < -0.4 is 16.6 Å². The van der Waals surface area contributed by atoms with Crippen LogP contribution in [-0.4, -0.2) is 42.4 Å². The maximum absolute atomic E-state index is 11.7. The highest BCUT2D eigenvalue weighted by Crippen LogP contribution is 1.95. The average Bonchev–Trinajstić information content (AvgIpc) is 2.30. The molecule has 0 fully saturated rings. The lowest BCUT2D eigenvalue weighted by molar-refractivity contribution is 0.0887. The molecule has 0 spiro atoms. The van der Waals surface area contributed by atoms with Gasteiger partial charge in [-0.05, 0) is 19.0 Å². The molecule has 0 aliphatic heterocycles. The zero-order valence-electron chi connectivity index (χ0n) is 9.60. The number of nitrogens with two attached hydrogens (primary N) is 1. The SMILES string of the molecule is COCC(CCN)NC(=O)c1ccc(=O)[nH]n1. The van der Waals surface area contributed by atoms with Crippen LogP contribution in [0.3, 0.4) is 0 Å². The van der Waals surface area contributed by atoms with Gasteiger partial charge in [0.25, 0.3) is 11.5 Å². The minimum atomic E-state index is -0.364. The summed E-state index contributed by atoms with van der Waals surface area (Å²) in [4.78, 5) is 22.5. The monoisotopic (exact) mass is 240 g/mol. The zero-order valence-corrected chi connectivity index (χ0v) is 9.60. The van der Waals surface area contributed by atoms with Crippen molar-refractivity contribution in [1.82, 2.24) is 15.5 Å². The molecule has 0 aliphatic rings. The van der Waals surface area contributed by atoms with E-state index in [2.05, 4.69) is 15.5 Å². The predicted molar refractivity (Wildman–Crippen MR) is 61.7 cm³/mol. The van der Waals surface area contributed by atoms with E-state index >= 15 is 0 Å². The van der Waals surface area contributed by atoms with Crippen molar-refractivity contribution in [1.29, 1.82) is 0 Å². The molecule has 1 aromatic rings. The quantitative estimate of drug-likeness (QED) is 0.582. The first-order valence-electron chi connectivity index (χ1n) is 5.23. The van der Waals surface area contributed by atoms with Crippen molar-refractivity contribution in [3.8, 4) is 0 Å². The van der Waals surface area contributed by atoms with Crippen molar-refractivity contribution in [3.63, 3.8) is 0 Å². The summed E-state index contributed by atoms with van der Waals surface area (Å²) in [6.07, 6.45) is 0.614. The van der Waals surface area contributed by atoms with Gasteiger partial charge in [-0.3, -0.25) is 9.59 Å². The fourth-order valence-corrected chi connectivity index (χ4v) is 1.33. The topological polar surface area (TPSA) is 110 Å². The van der Waals surface area contributed by atoms with Crippen molar-refractivity contribution < 1.29 is 9.53 Å². The first-order chi connectivity index (χ1) is 8.17. The van der Waals surface area contributed by atoms with Gasteiger partial charge in [-0.2, -0.15) is 5.10 Å². The summed E-state index contributed by atoms with van der Waals surface area (Å²) in [6, 6.07) is 2.45. The molecule has 0 bridgehead atoms. The molecular weight excluding hydrogens is 224 g/mol. The molecule has 0 saturated heterocycles. The minimum absolute atomic E-state index is 0.155. The molecule has 1 atom stereocenters. The number of aromatic amines is 1. The van der Waals surface area contributed by atoms with Gasteiger partial charge in [0.1, 0.15) is 5.69 Å². The van der Waals surface area contributed by atoms with Gasteiger partial charge >= 0.3 is 0 Å². The number of amides is 1. The minimum Gasteiger partial charge on any atom is -0.383 e. The van der Waals surface area contributed by atoms with Gasteiger partial charge in [0.15, 0.2) is 0 Å². The third-order valence-electron chi connectivity index (χ3n) is 2.13. The Morgan fingerprint density at radius 2 is 2.41 bits per heavy atom. The second-order valence-corrected chi connectivity index (χ2v) is 3.51. The molecule has 0 aliphatic carbocycles. The van der Waals surface area contributed by atoms with E-state index in [1.807, 2.05) is 0 Å². The summed E-state index contributed by atoms with van der Waals surface area (Å²) >= 11 is 0. The fraction of sp³-hybridized carbons (Fsp3) is 0.500. The molecule has 1 unspecified atom stereocenters. The van der Waals surface area contributed by atoms with Crippen molar-refractivity contribution >= 4 is 5.91 Å². The van der Waals surface area contributed by atoms with Crippen LogP contribution in [0.25, 0.3) is 0 Å². The molecule has 1 aromatic heterocycles. The lowest BCUT2D eigenvalue weighted by atomic mass is 10.2. The average molecular weight is 240 g/mol. The molecule has 0 radical (unpaired) electrons. The van der Waals surface area contributed by atoms with E-state index < -0.39 is 0 Å². The number of carbonyl (C=O) groups excluding carboxylic acids is 1. The first kappa shape index (κ1) is 13.3. The summed E-state index contributed by atoms with van der Waals surface area (Å²) in [7, 11) is 1.55. The lowest BCUT2D eigenvalue weighted by Crippen LogP contribution is -2.40. The number of hydrogen-bond acceptors (Lipinski definition) is 5. The Bertz CT molecular complexity index is 392. The predicted octanol–water partition coefficient (Wildman–Crippen LogP) is -1.14. The number of carbonyl (C=O) groups is 1. The Morgan fingerprint density at radius 3 is 2.94 bits per heavy atom. The molecule has 1 heterocycles. The molecule has 4 N–H and O–H groups in total. The number of H-pyrrole nitrogens is 1. The van der Waals surface area contributed by atoms with Gasteiger partial charge in [-0.15, -0.1) is 0 Å². The van der Waals surface area contributed by atoms with Gasteiger partial charge in [0.2, 0.25) is 0 Å². The number of nitrogens with one attached hydrogen (secondary N) is 2. The van der Waals surface area contributed by atoms with E-state index in [0.29, 0.717) is 19.6 Å². The number of rotatable bonds is 6. The van der Waals surface area contributed by atoms with Crippen LogP contribution in [0, 0.1) is 0 Å². The first-order valence-corrected chi connectivity index (χ1v) is 5.23. The van der Waals surface area contributed by atoms with Gasteiger partial charge in [0.05, 0.1) is 12.6 Å². The van der Waals surface area contributed by atoms with Crippen LogP contribution in [0.1, 0.15) is 16.9 Å². The Morgan fingerprint density at radius 1 is 1.65 bits per heavy atom. The van der Waals surface area contributed by atoms with Crippen molar-refractivity contribution in [2.75, 3.05) is 20.3 Å². The summed E-state index contributed by atoms with van der Waals surface area (Å²) in [5, 5.41) is 8.55. The summed E-state index contributed by atoms with van der Waals surface area (Å²) in [5.41, 5.74) is 5.23. The van der Waals surface area contributed by atoms with E-state index in [-0.39, 0.29) is 23.2 Å². The van der Waals surface area contributed by atoms with Crippen LogP contribution in [0.5, 0.6) is 0 Å². The number of nitrogens with zero attached hydrogens (tertiary/aromatic N) is 1. The molecule has 1 amide bonds. The molecule has 17 heavy (non-hydrogen) atoms. The second kappa shape index (κ2) is 6.77. The number of hydrogen-bond donors (Lipinski definition) is 3. The van der Waals surface area contributed by atoms with Crippen LogP contribution in [-0.2, 0) is 4.74 Å². The van der Waals surface area contributed by atoms with Crippen LogP contribution in [0.4, 0.5) is 0 Å². The highest BCUT2D eigenvalue weighted by molar-refractivity contribution is 5.92. The Labute approximate surface area is 98.4 Å². The molecule has 0 aromatic carbocycles. The van der Waals surface area contributed by atoms with Gasteiger partial charge in [0, 0.05) is 13.2 Å². The molecular formula is C10H16N4O3. The van der Waals surface area contributed by atoms with Crippen LogP contribution >= 0.6 is 0 Å². The smallest absolute Gasteiger partial charge is 0.272 e. The van der Waals surface area contributed by atoms with E-state index in [0.717, 1.165) is 0 Å². The fourth-order valence-electron chi connectivity index (χ4n) is 1.33. The maximum Gasteiger partial charge on any atom is 0.272 e. The largest absolute Gasteiger partial charge is 0.383 e. The van der Waals surface area contributed by atoms with E-state index in [4.69, 9.17) is 10.5 Å². The third kappa shape index (κ3) is 4.33. The maximum atomic E-state index is 11.7. The van der Waals surface area contributed by atoms with Gasteiger partial charge < -0.3 is 15.8 Å². The molecule has 94 valence electrons. The molecule has 1 rings (SSSR count). The summed E-state index contributed by atoms with van der Waals surface area (Å²) in [5.74, 6) is -0.364. The normalized spacial score (nSPS) is 12.1. The number of aromatic nitrogens is 2. The molecule has 7 heteroatoms. The van der Waals surface area contributed by atoms with Crippen molar-refractivity contribution in [2.45, 2.75) is 12.5 Å². The van der Waals surface area contributed by atoms with E-state index in [1.54, 1.807) is 7.11 Å². The number of ether oxygens (including phenoxy) is 1. The third-order valence-corrected chi connectivity index (χ3v) is 2.13. The van der Waals surface area contributed by atoms with Gasteiger partial charge in [-0.1, -0.05) is 0 Å². The Balaban J connectivity index is 2.63. The van der Waals surface area contributed by atoms with Crippen LogP contribution in [0.2, 0.25) is 0 Å². The Hall–Kier alpha value is -1.73. The van der Waals surface area contributed by atoms with Crippen LogP contribution in [0.15, 0.2) is 16.9 Å². The van der Waals surface area contributed by atoms with E-state index in [1.165, 1.54) is 12.1 Å². The van der Waals surface area contributed by atoms with Crippen molar-refractivity contribution in [3.05, 3.63) is 28.2 Å².